The number of rotatable bonds is 5. The van der Waals surface area contributed by atoms with Crippen LogP contribution in [0.4, 0.5) is 5.69 Å². The van der Waals surface area contributed by atoms with Gasteiger partial charge in [-0.3, -0.25) is 4.68 Å². The lowest BCUT2D eigenvalue weighted by atomic mass is 9.89. The summed E-state index contributed by atoms with van der Waals surface area (Å²) in [6, 6.07) is 8.58. The Bertz CT molecular complexity index is 591. The fourth-order valence-corrected chi connectivity index (χ4v) is 2.67. The summed E-state index contributed by atoms with van der Waals surface area (Å²) in [4.78, 5) is 0. The monoisotopic (exact) mass is 285 g/mol. The summed E-state index contributed by atoms with van der Waals surface area (Å²) >= 11 is 0. The maximum atomic E-state index is 4.63. The molecule has 1 heterocycles. The maximum absolute atomic E-state index is 4.63. The Morgan fingerprint density at radius 2 is 1.86 bits per heavy atom. The summed E-state index contributed by atoms with van der Waals surface area (Å²) in [6.45, 7) is 9.67. The van der Waals surface area contributed by atoms with Gasteiger partial charge in [-0.15, -0.1) is 0 Å². The largest absolute Gasteiger partial charge is 0.381 e. The molecule has 1 N–H and O–H groups in total. The number of aryl methyl sites for hydroxylation is 2. The zero-order valence-electron chi connectivity index (χ0n) is 13.9. The average Bonchev–Trinajstić information content (AvgIpc) is 2.79. The van der Waals surface area contributed by atoms with Crippen LogP contribution in [0.3, 0.4) is 0 Å². The second kappa shape index (κ2) is 6.33. The zero-order valence-corrected chi connectivity index (χ0v) is 13.9. The molecule has 21 heavy (non-hydrogen) atoms. The Labute approximate surface area is 128 Å². The molecule has 2 aromatic rings. The number of hydrogen-bond acceptors (Lipinski definition) is 2. The van der Waals surface area contributed by atoms with Crippen molar-refractivity contribution in [3.8, 4) is 0 Å². The van der Waals surface area contributed by atoms with E-state index in [0.717, 1.165) is 13.0 Å². The SMILES string of the molecule is CCCc1ccccc1NCc1cn(C)nc1C(C)(C)C. The number of aromatic nitrogens is 2. The standard InChI is InChI=1S/C18H27N3/c1-6-9-14-10-7-8-11-16(14)19-12-15-13-21(5)20-17(15)18(2,3)4/h7-8,10-11,13,19H,6,9,12H2,1-5H3. The van der Waals surface area contributed by atoms with Gasteiger partial charge in [-0.1, -0.05) is 52.3 Å². The molecule has 3 heteroatoms. The Morgan fingerprint density at radius 1 is 1.14 bits per heavy atom. The first-order valence-electron chi connectivity index (χ1n) is 7.76. The van der Waals surface area contributed by atoms with Gasteiger partial charge in [-0.05, 0) is 18.1 Å². The van der Waals surface area contributed by atoms with Crippen LogP contribution in [-0.2, 0) is 25.4 Å². The van der Waals surface area contributed by atoms with Crippen molar-refractivity contribution in [3.05, 3.63) is 47.3 Å². The van der Waals surface area contributed by atoms with Crippen molar-refractivity contribution in [3.63, 3.8) is 0 Å². The first-order chi connectivity index (χ1) is 9.91. The van der Waals surface area contributed by atoms with Crippen LogP contribution in [0, 0.1) is 0 Å². The lowest BCUT2D eigenvalue weighted by molar-refractivity contribution is 0.549. The van der Waals surface area contributed by atoms with Crippen molar-refractivity contribution in [2.75, 3.05) is 5.32 Å². The molecule has 0 atom stereocenters. The second-order valence-corrected chi connectivity index (χ2v) is 6.69. The molecule has 1 aromatic carbocycles. The molecule has 2 rings (SSSR count). The van der Waals surface area contributed by atoms with Gasteiger partial charge in [0.05, 0.1) is 5.69 Å². The van der Waals surface area contributed by atoms with Gasteiger partial charge in [0.1, 0.15) is 0 Å². The van der Waals surface area contributed by atoms with Crippen molar-refractivity contribution in [1.29, 1.82) is 0 Å². The highest BCUT2D eigenvalue weighted by Gasteiger charge is 2.21. The third-order valence-corrected chi connectivity index (χ3v) is 3.62. The maximum Gasteiger partial charge on any atom is 0.0727 e. The van der Waals surface area contributed by atoms with E-state index >= 15 is 0 Å². The van der Waals surface area contributed by atoms with Crippen LogP contribution in [-0.4, -0.2) is 9.78 Å². The predicted octanol–water partition coefficient (Wildman–Crippen LogP) is 4.28. The first kappa shape index (κ1) is 15.6. The van der Waals surface area contributed by atoms with Gasteiger partial charge in [-0.2, -0.15) is 5.10 Å². The van der Waals surface area contributed by atoms with Crippen LogP contribution >= 0.6 is 0 Å². The minimum Gasteiger partial charge on any atom is -0.381 e. The Balaban J connectivity index is 2.17. The fourth-order valence-electron chi connectivity index (χ4n) is 2.67. The topological polar surface area (TPSA) is 29.9 Å². The van der Waals surface area contributed by atoms with E-state index in [9.17, 15) is 0 Å². The normalized spacial score (nSPS) is 11.7. The Kier molecular flexibility index (Phi) is 4.71. The predicted molar refractivity (Wildman–Crippen MR) is 89.7 cm³/mol. The minimum atomic E-state index is 0.0706. The van der Waals surface area contributed by atoms with E-state index in [1.165, 1.54) is 28.9 Å². The van der Waals surface area contributed by atoms with E-state index in [0.29, 0.717) is 0 Å². The summed E-state index contributed by atoms with van der Waals surface area (Å²) in [7, 11) is 1.99. The first-order valence-corrected chi connectivity index (χ1v) is 7.76. The summed E-state index contributed by atoms with van der Waals surface area (Å²) in [5.74, 6) is 0. The highest BCUT2D eigenvalue weighted by atomic mass is 15.3. The van der Waals surface area contributed by atoms with Crippen LogP contribution in [0.2, 0.25) is 0 Å². The molecule has 1 aromatic heterocycles. The van der Waals surface area contributed by atoms with Crippen LogP contribution in [0.15, 0.2) is 30.5 Å². The van der Waals surface area contributed by atoms with E-state index in [1.54, 1.807) is 0 Å². The molecule has 0 aliphatic rings. The van der Waals surface area contributed by atoms with Gasteiger partial charge in [0, 0.05) is 36.5 Å². The molecule has 0 unspecified atom stereocenters. The summed E-state index contributed by atoms with van der Waals surface area (Å²) in [6.07, 6.45) is 4.40. The van der Waals surface area contributed by atoms with Gasteiger partial charge >= 0.3 is 0 Å². The Hall–Kier alpha value is -1.77. The second-order valence-electron chi connectivity index (χ2n) is 6.69. The van der Waals surface area contributed by atoms with Crippen molar-refractivity contribution < 1.29 is 0 Å². The number of benzene rings is 1. The third-order valence-electron chi connectivity index (χ3n) is 3.62. The average molecular weight is 285 g/mol. The number of anilines is 1. The quantitative estimate of drug-likeness (QED) is 0.888. The summed E-state index contributed by atoms with van der Waals surface area (Å²) < 4.78 is 1.91. The van der Waals surface area contributed by atoms with E-state index in [1.807, 2.05) is 11.7 Å². The molecular weight excluding hydrogens is 258 g/mol. The molecule has 0 bridgehead atoms. The van der Waals surface area contributed by atoms with Crippen molar-refractivity contribution in [2.45, 2.75) is 52.5 Å². The molecule has 0 saturated heterocycles. The van der Waals surface area contributed by atoms with Crippen molar-refractivity contribution in [1.82, 2.24) is 9.78 Å². The van der Waals surface area contributed by atoms with Crippen LogP contribution in [0.25, 0.3) is 0 Å². The number of nitrogens with one attached hydrogen (secondary N) is 1. The molecule has 114 valence electrons. The van der Waals surface area contributed by atoms with Crippen molar-refractivity contribution in [2.24, 2.45) is 7.05 Å². The molecule has 0 saturated carbocycles. The molecule has 0 fully saturated rings. The summed E-state index contributed by atoms with van der Waals surface area (Å²) in [5.41, 5.74) is 5.15. The summed E-state index contributed by atoms with van der Waals surface area (Å²) in [5, 5.41) is 8.22. The molecule has 0 aliphatic heterocycles. The molecule has 0 aliphatic carbocycles. The van der Waals surface area contributed by atoms with Gasteiger partial charge in [-0.25, -0.2) is 0 Å². The van der Waals surface area contributed by atoms with E-state index in [2.05, 4.69) is 68.6 Å². The number of hydrogen-bond donors (Lipinski definition) is 1. The lowest BCUT2D eigenvalue weighted by Gasteiger charge is -2.18. The van der Waals surface area contributed by atoms with Gasteiger partial charge in [0.15, 0.2) is 0 Å². The molecule has 3 nitrogen and oxygen atoms in total. The zero-order chi connectivity index (χ0) is 15.5. The molecule has 0 radical (unpaired) electrons. The minimum absolute atomic E-state index is 0.0706. The number of para-hydroxylation sites is 1. The lowest BCUT2D eigenvalue weighted by Crippen LogP contribution is -2.16. The molecule has 0 amide bonds. The van der Waals surface area contributed by atoms with Gasteiger partial charge < -0.3 is 5.32 Å². The molecular formula is C18H27N3. The fraction of sp³-hybridized carbons (Fsp3) is 0.500. The van der Waals surface area contributed by atoms with E-state index in [4.69, 9.17) is 0 Å². The smallest absolute Gasteiger partial charge is 0.0727 e. The third kappa shape index (κ3) is 3.87. The van der Waals surface area contributed by atoms with Gasteiger partial charge in [0.25, 0.3) is 0 Å². The van der Waals surface area contributed by atoms with E-state index in [-0.39, 0.29) is 5.41 Å². The van der Waals surface area contributed by atoms with Crippen LogP contribution in [0.1, 0.15) is 50.9 Å². The Morgan fingerprint density at radius 3 is 2.52 bits per heavy atom. The highest BCUT2D eigenvalue weighted by Crippen LogP contribution is 2.25. The van der Waals surface area contributed by atoms with Crippen molar-refractivity contribution >= 4 is 5.69 Å². The highest BCUT2D eigenvalue weighted by molar-refractivity contribution is 5.51. The number of nitrogens with zero attached hydrogens (tertiary/aromatic N) is 2. The van der Waals surface area contributed by atoms with Gasteiger partial charge in [0.2, 0.25) is 0 Å². The van der Waals surface area contributed by atoms with Crippen LogP contribution in [0.5, 0.6) is 0 Å². The van der Waals surface area contributed by atoms with E-state index < -0.39 is 0 Å². The molecule has 0 spiro atoms. The van der Waals surface area contributed by atoms with Crippen LogP contribution < -0.4 is 5.32 Å².